The molecule has 166 valence electrons. The maximum atomic E-state index is 12.7. The topological polar surface area (TPSA) is 65.5 Å². The highest BCUT2D eigenvalue weighted by molar-refractivity contribution is 9.10. The minimum Gasteiger partial charge on any atom is -0.357 e. The summed E-state index contributed by atoms with van der Waals surface area (Å²) in [6.45, 7) is 0.943. The fourth-order valence-electron chi connectivity index (χ4n) is 3.45. The van der Waals surface area contributed by atoms with E-state index in [1.54, 1.807) is 19.2 Å². The molecule has 10 heteroatoms. The Morgan fingerprint density at radius 3 is 2.45 bits per heavy atom. The predicted octanol–water partition coefficient (Wildman–Crippen LogP) is 4.18. The van der Waals surface area contributed by atoms with Crippen molar-refractivity contribution in [3.05, 3.63) is 52.6 Å². The van der Waals surface area contributed by atoms with Gasteiger partial charge in [-0.1, -0.05) is 12.1 Å². The van der Waals surface area contributed by atoms with Gasteiger partial charge in [-0.3, -0.25) is 9.59 Å². The smallest absolute Gasteiger partial charge is 0.357 e. The molecule has 0 bridgehead atoms. The summed E-state index contributed by atoms with van der Waals surface area (Å²) in [5, 5.41) is 2.77. The van der Waals surface area contributed by atoms with E-state index in [1.165, 1.54) is 11.0 Å². The molecule has 0 radical (unpaired) electrons. The molecule has 2 aromatic rings. The second kappa shape index (κ2) is 9.67. The van der Waals surface area contributed by atoms with Gasteiger partial charge >= 0.3 is 6.18 Å². The van der Waals surface area contributed by atoms with Gasteiger partial charge in [0.1, 0.15) is 5.82 Å². The fourth-order valence-corrected chi connectivity index (χ4v) is 3.84. The quantitative estimate of drug-likeness (QED) is 0.671. The Labute approximate surface area is 186 Å². The first-order valence-electron chi connectivity index (χ1n) is 9.72. The van der Waals surface area contributed by atoms with Crippen molar-refractivity contribution in [1.29, 1.82) is 0 Å². The molecule has 0 aliphatic carbocycles. The molecular weight excluding hydrogens is 477 g/mol. The molecule has 1 saturated heterocycles. The molecule has 0 atom stereocenters. The molecule has 0 unspecified atom stereocenters. The molecule has 3 rings (SSSR count). The van der Waals surface area contributed by atoms with Crippen molar-refractivity contribution in [2.24, 2.45) is 5.92 Å². The van der Waals surface area contributed by atoms with Crippen LogP contribution in [0.25, 0.3) is 0 Å². The summed E-state index contributed by atoms with van der Waals surface area (Å²) < 4.78 is 38.8. The van der Waals surface area contributed by atoms with Crippen molar-refractivity contribution in [2.45, 2.75) is 19.0 Å². The van der Waals surface area contributed by atoms with Crippen LogP contribution in [0.5, 0.6) is 0 Å². The molecule has 1 aliphatic rings. The van der Waals surface area contributed by atoms with E-state index in [2.05, 4.69) is 26.2 Å². The summed E-state index contributed by atoms with van der Waals surface area (Å²) in [6.07, 6.45) is -2.52. The van der Waals surface area contributed by atoms with Crippen LogP contribution in [-0.2, 0) is 15.8 Å². The molecule has 6 nitrogen and oxygen atoms in total. The first-order valence-corrected chi connectivity index (χ1v) is 10.5. The minimum absolute atomic E-state index is 0.0686. The van der Waals surface area contributed by atoms with Crippen LogP contribution in [0.15, 0.2) is 47.1 Å². The van der Waals surface area contributed by atoms with Gasteiger partial charge in [0.05, 0.1) is 17.8 Å². The zero-order valence-electron chi connectivity index (χ0n) is 16.8. The molecule has 1 aromatic heterocycles. The largest absolute Gasteiger partial charge is 0.417 e. The van der Waals surface area contributed by atoms with Gasteiger partial charge in [-0.05, 0) is 53.0 Å². The van der Waals surface area contributed by atoms with Crippen LogP contribution in [0.2, 0.25) is 0 Å². The van der Waals surface area contributed by atoms with Crippen LogP contribution in [0, 0.1) is 5.92 Å². The first kappa shape index (κ1) is 23.1. The summed E-state index contributed by atoms with van der Waals surface area (Å²) in [7, 11) is 1.59. The Bertz CT molecular complexity index is 929. The molecule has 0 spiro atoms. The number of para-hydroxylation sites is 1. The van der Waals surface area contributed by atoms with Crippen molar-refractivity contribution in [1.82, 2.24) is 9.88 Å². The van der Waals surface area contributed by atoms with E-state index in [-0.39, 0.29) is 24.3 Å². The number of likely N-dealkylation sites (N-methyl/N-ethyl adjacent to an activating group) is 1. The van der Waals surface area contributed by atoms with E-state index in [0.29, 0.717) is 37.4 Å². The summed E-state index contributed by atoms with van der Waals surface area (Å²) in [4.78, 5) is 32.2. The molecule has 1 fully saturated rings. The average Bonchev–Trinajstić information content (AvgIpc) is 2.74. The standard InChI is InChI=1S/C21H22BrF3N4O2/c1-28(13-19(30)27-17-5-3-2-4-16(17)22)20(31)14-8-10-29(11-9-14)18-7-6-15(12-26-18)21(23,24)25/h2-7,12,14H,8-11,13H2,1H3,(H,27,30). The third kappa shape index (κ3) is 5.96. The number of anilines is 2. The van der Waals surface area contributed by atoms with Crippen LogP contribution in [0.3, 0.4) is 0 Å². The third-order valence-corrected chi connectivity index (χ3v) is 5.84. The van der Waals surface area contributed by atoms with Crippen molar-refractivity contribution >= 4 is 39.2 Å². The van der Waals surface area contributed by atoms with Gasteiger partial charge in [0.2, 0.25) is 11.8 Å². The SMILES string of the molecule is CN(CC(=O)Nc1ccccc1Br)C(=O)C1CCN(c2ccc(C(F)(F)F)cn2)CC1. The van der Waals surface area contributed by atoms with E-state index in [1.807, 2.05) is 17.0 Å². The number of pyridine rings is 1. The van der Waals surface area contributed by atoms with E-state index in [4.69, 9.17) is 0 Å². The second-order valence-corrected chi connectivity index (χ2v) is 8.24. The third-order valence-electron chi connectivity index (χ3n) is 5.15. The second-order valence-electron chi connectivity index (χ2n) is 7.39. The Balaban J connectivity index is 1.50. The van der Waals surface area contributed by atoms with Crippen LogP contribution < -0.4 is 10.2 Å². The first-order chi connectivity index (χ1) is 14.6. The lowest BCUT2D eigenvalue weighted by Gasteiger charge is -2.33. The number of carbonyl (C=O) groups excluding carboxylic acids is 2. The Morgan fingerprint density at radius 1 is 1.19 bits per heavy atom. The van der Waals surface area contributed by atoms with Gasteiger partial charge in [0, 0.05) is 36.7 Å². The molecular formula is C21H22BrF3N4O2. The van der Waals surface area contributed by atoms with Crippen LogP contribution in [0.1, 0.15) is 18.4 Å². The van der Waals surface area contributed by atoms with Gasteiger partial charge < -0.3 is 15.1 Å². The lowest BCUT2D eigenvalue weighted by Crippen LogP contribution is -2.43. The summed E-state index contributed by atoms with van der Waals surface area (Å²) in [5.41, 5.74) is -0.158. The van der Waals surface area contributed by atoms with E-state index < -0.39 is 11.7 Å². The molecule has 31 heavy (non-hydrogen) atoms. The van der Waals surface area contributed by atoms with E-state index in [0.717, 1.165) is 16.7 Å². The Hall–Kier alpha value is -2.62. The highest BCUT2D eigenvalue weighted by atomic mass is 79.9. The van der Waals surface area contributed by atoms with Crippen molar-refractivity contribution in [3.63, 3.8) is 0 Å². The van der Waals surface area contributed by atoms with E-state index in [9.17, 15) is 22.8 Å². The van der Waals surface area contributed by atoms with Gasteiger partial charge in [0.25, 0.3) is 0 Å². The number of aromatic nitrogens is 1. The summed E-state index contributed by atoms with van der Waals surface area (Å²) in [6, 6.07) is 9.56. The number of hydrogen-bond acceptors (Lipinski definition) is 4. The number of carbonyl (C=O) groups is 2. The number of halogens is 4. The van der Waals surface area contributed by atoms with Crippen molar-refractivity contribution in [3.8, 4) is 0 Å². The minimum atomic E-state index is -4.42. The summed E-state index contributed by atoms with van der Waals surface area (Å²) >= 11 is 3.36. The Morgan fingerprint density at radius 2 is 1.87 bits per heavy atom. The van der Waals surface area contributed by atoms with Crippen LogP contribution in [-0.4, -0.2) is 48.4 Å². The van der Waals surface area contributed by atoms with Gasteiger partial charge in [0.15, 0.2) is 0 Å². The fraction of sp³-hybridized carbons (Fsp3) is 0.381. The Kier molecular flexibility index (Phi) is 7.19. The van der Waals surface area contributed by atoms with Crippen LogP contribution in [0.4, 0.5) is 24.7 Å². The number of nitrogens with one attached hydrogen (secondary N) is 1. The molecule has 1 aliphatic heterocycles. The highest BCUT2D eigenvalue weighted by Gasteiger charge is 2.32. The number of nitrogens with zero attached hydrogens (tertiary/aromatic N) is 3. The molecule has 2 heterocycles. The molecule has 0 saturated carbocycles. The number of hydrogen-bond donors (Lipinski definition) is 1. The lowest BCUT2D eigenvalue weighted by atomic mass is 9.95. The predicted molar refractivity (Wildman–Crippen MR) is 115 cm³/mol. The number of amides is 2. The molecule has 1 aromatic carbocycles. The highest BCUT2D eigenvalue weighted by Crippen LogP contribution is 2.30. The number of rotatable bonds is 5. The van der Waals surface area contributed by atoms with E-state index >= 15 is 0 Å². The molecule has 2 amide bonds. The average molecular weight is 499 g/mol. The number of piperidine rings is 1. The number of alkyl halides is 3. The van der Waals surface area contributed by atoms with Gasteiger partial charge in [-0.25, -0.2) is 4.98 Å². The van der Waals surface area contributed by atoms with Crippen molar-refractivity contribution in [2.75, 3.05) is 36.9 Å². The maximum absolute atomic E-state index is 12.7. The monoisotopic (exact) mass is 498 g/mol. The van der Waals surface area contributed by atoms with Gasteiger partial charge in [-0.2, -0.15) is 13.2 Å². The zero-order chi connectivity index (χ0) is 22.6. The van der Waals surface area contributed by atoms with Crippen molar-refractivity contribution < 1.29 is 22.8 Å². The number of benzene rings is 1. The summed E-state index contributed by atoms with van der Waals surface area (Å²) in [5.74, 6) is -0.205. The zero-order valence-corrected chi connectivity index (χ0v) is 18.4. The lowest BCUT2D eigenvalue weighted by molar-refractivity contribution is -0.138. The normalized spacial score (nSPS) is 14.9. The maximum Gasteiger partial charge on any atom is 0.417 e. The molecule has 1 N–H and O–H groups in total. The van der Waals surface area contributed by atoms with Crippen LogP contribution >= 0.6 is 15.9 Å². The van der Waals surface area contributed by atoms with Gasteiger partial charge in [-0.15, -0.1) is 0 Å².